The Bertz CT molecular complexity index is 472. The molecule has 1 aromatic rings. The zero-order chi connectivity index (χ0) is 17.1. The third kappa shape index (κ3) is 7.28. The SMILES string of the molecule is CCN(CC)CCN(CCC(=O)OC)C(=O)Cc1ccccc1. The first kappa shape index (κ1) is 19.2. The van der Waals surface area contributed by atoms with Crippen molar-refractivity contribution < 1.29 is 14.3 Å². The molecule has 0 radical (unpaired) electrons. The first-order chi connectivity index (χ1) is 11.1. The second kappa shape index (κ2) is 10.8. The van der Waals surface area contributed by atoms with Crippen molar-refractivity contribution in [1.29, 1.82) is 0 Å². The summed E-state index contributed by atoms with van der Waals surface area (Å²) in [5.74, 6) is -0.238. The molecule has 23 heavy (non-hydrogen) atoms. The van der Waals surface area contributed by atoms with Gasteiger partial charge in [-0.1, -0.05) is 44.2 Å². The fourth-order valence-electron chi connectivity index (χ4n) is 2.37. The Morgan fingerprint density at radius 1 is 1.00 bits per heavy atom. The molecule has 0 unspecified atom stereocenters. The Morgan fingerprint density at radius 3 is 2.22 bits per heavy atom. The van der Waals surface area contributed by atoms with Crippen molar-refractivity contribution in [2.75, 3.05) is 39.8 Å². The van der Waals surface area contributed by atoms with Crippen molar-refractivity contribution in [3.8, 4) is 0 Å². The van der Waals surface area contributed by atoms with Gasteiger partial charge in [-0.25, -0.2) is 0 Å². The van der Waals surface area contributed by atoms with Crippen LogP contribution < -0.4 is 0 Å². The Balaban J connectivity index is 2.64. The highest BCUT2D eigenvalue weighted by Gasteiger charge is 2.16. The lowest BCUT2D eigenvalue weighted by Crippen LogP contribution is -2.40. The van der Waals surface area contributed by atoms with E-state index in [-0.39, 0.29) is 18.3 Å². The zero-order valence-corrected chi connectivity index (χ0v) is 14.5. The molecule has 0 N–H and O–H groups in total. The van der Waals surface area contributed by atoms with Crippen molar-refractivity contribution in [3.05, 3.63) is 35.9 Å². The van der Waals surface area contributed by atoms with Crippen molar-refractivity contribution in [2.24, 2.45) is 0 Å². The smallest absolute Gasteiger partial charge is 0.307 e. The zero-order valence-electron chi connectivity index (χ0n) is 14.5. The number of benzene rings is 1. The fraction of sp³-hybridized carbons (Fsp3) is 0.556. The Kier molecular flexibility index (Phi) is 8.98. The van der Waals surface area contributed by atoms with Crippen molar-refractivity contribution in [1.82, 2.24) is 9.80 Å². The molecule has 0 aromatic heterocycles. The van der Waals surface area contributed by atoms with Crippen LogP contribution in [0.2, 0.25) is 0 Å². The lowest BCUT2D eigenvalue weighted by molar-refractivity contribution is -0.141. The highest BCUT2D eigenvalue weighted by atomic mass is 16.5. The summed E-state index contributed by atoms with van der Waals surface area (Å²) in [7, 11) is 1.37. The molecule has 0 saturated heterocycles. The van der Waals surface area contributed by atoms with Gasteiger partial charge >= 0.3 is 5.97 Å². The summed E-state index contributed by atoms with van der Waals surface area (Å²) in [5, 5.41) is 0. The van der Waals surface area contributed by atoms with Gasteiger partial charge < -0.3 is 14.5 Å². The minimum absolute atomic E-state index is 0.0484. The number of esters is 1. The summed E-state index contributed by atoms with van der Waals surface area (Å²) >= 11 is 0. The van der Waals surface area contributed by atoms with Gasteiger partial charge in [0.1, 0.15) is 0 Å². The molecule has 5 nitrogen and oxygen atoms in total. The van der Waals surface area contributed by atoms with E-state index in [1.807, 2.05) is 30.3 Å². The largest absolute Gasteiger partial charge is 0.469 e. The predicted octanol–water partition coefficient (Wildman–Crippen LogP) is 1.96. The number of hydrogen-bond donors (Lipinski definition) is 0. The predicted molar refractivity (Wildman–Crippen MR) is 91.1 cm³/mol. The van der Waals surface area contributed by atoms with Gasteiger partial charge in [-0.2, -0.15) is 0 Å². The maximum absolute atomic E-state index is 12.6. The van der Waals surface area contributed by atoms with Crippen LogP contribution in [0, 0.1) is 0 Å². The lowest BCUT2D eigenvalue weighted by atomic mass is 10.1. The summed E-state index contributed by atoms with van der Waals surface area (Å²) in [5.41, 5.74) is 0.989. The molecule has 128 valence electrons. The molecule has 0 spiro atoms. The Morgan fingerprint density at radius 2 is 1.65 bits per heavy atom. The van der Waals surface area contributed by atoms with Gasteiger partial charge in [0, 0.05) is 19.6 Å². The second-order valence-corrected chi connectivity index (χ2v) is 5.40. The number of nitrogens with zero attached hydrogens (tertiary/aromatic N) is 2. The van der Waals surface area contributed by atoms with E-state index in [4.69, 9.17) is 0 Å². The third-order valence-corrected chi connectivity index (χ3v) is 3.94. The summed E-state index contributed by atoms with van der Waals surface area (Å²) in [6.07, 6.45) is 0.593. The minimum Gasteiger partial charge on any atom is -0.469 e. The van der Waals surface area contributed by atoms with Gasteiger partial charge in [-0.3, -0.25) is 9.59 Å². The van der Waals surface area contributed by atoms with Gasteiger partial charge in [-0.15, -0.1) is 0 Å². The highest BCUT2D eigenvalue weighted by molar-refractivity contribution is 5.79. The van der Waals surface area contributed by atoms with Crippen LogP contribution >= 0.6 is 0 Å². The van der Waals surface area contributed by atoms with Crippen molar-refractivity contribution in [3.63, 3.8) is 0 Å². The topological polar surface area (TPSA) is 49.9 Å². The molecule has 0 bridgehead atoms. The standard InChI is InChI=1S/C18H28N2O3/c1-4-19(5-2)13-14-20(12-11-18(22)23-3)17(21)15-16-9-7-6-8-10-16/h6-10H,4-5,11-15H2,1-3H3. The van der Waals surface area contributed by atoms with Crippen LogP contribution in [-0.4, -0.2) is 61.5 Å². The van der Waals surface area contributed by atoms with Crippen LogP contribution in [-0.2, 0) is 20.7 Å². The summed E-state index contributed by atoms with van der Waals surface area (Å²) in [4.78, 5) is 28.0. The van der Waals surface area contributed by atoms with Crippen LogP contribution in [0.15, 0.2) is 30.3 Å². The molecule has 0 aliphatic heterocycles. The maximum atomic E-state index is 12.6. The first-order valence-corrected chi connectivity index (χ1v) is 8.21. The molecule has 0 aliphatic carbocycles. The first-order valence-electron chi connectivity index (χ1n) is 8.21. The van der Waals surface area contributed by atoms with E-state index >= 15 is 0 Å². The molecule has 0 fully saturated rings. The van der Waals surface area contributed by atoms with E-state index in [0.717, 1.165) is 25.2 Å². The van der Waals surface area contributed by atoms with E-state index in [1.165, 1.54) is 7.11 Å². The van der Waals surface area contributed by atoms with E-state index in [2.05, 4.69) is 23.5 Å². The average Bonchev–Trinajstić information content (AvgIpc) is 2.58. The van der Waals surface area contributed by atoms with Crippen LogP contribution in [0.25, 0.3) is 0 Å². The van der Waals surface area contributed by atoms with Gasteiger partial charge in [0.05, 0.1) is 20.0 Å². The minimum atomic E-state index is -0.287. The molecule has 0 aliphatic rings. The van der Waals surface area contributed by atoms with Crippen LogP contribution in [0.5, 0.6) is 0 Å². The van der Waals surface area contributed by atoms with E-state index in [9.17, 15) is 9.59 Å². The Labute approximate surface area is 139 Å². The number of likely N-dealkylation sites (N-methyl/N-ethyl adjacent to an activating group) is 1. The highest BCUT2D eigenvalue weighted by Crippen LogP contribution is 2.05. The lowest BCUT2D eigenvalue weighted by Gasteiger charge is -2.26. The summed E-state index contributed by atoms with van der Waals surface area (Å²) in [6, 6.07) is 9.68. The molecule has 0 saturated carbocycles. The van der Waals surface area contributed by atoms with Crippen molar-refractivity contribution >= 4 is 11.9 Å². The van der Waals surface area contributed by atoms with Crippen LogP contribution in [0.1, 0.15) is 25.8 Å². The van der Waals surface area contributed by atoms with E-state index in [1.54, 1.807) is 4.90 Å². The van der Waals surface area contributed by atoms with Gasteiger partial charge in [0.2, 0.25) is 5.91 Å². The summed E-state index contributed by atoms with van der Waals surface area (Å²) in [6.45, 7) is 7.96. The van der Waals surface area contributed by atoms with Crippen molar-refractivity contribution in [2.45, 2.75) is 26.7 Å². The van der Waals surface area contributed by atoms with Crippen LogP contribution in [0.4, 0.5) is 0 Å². The number of carbonyl (C=O) groups is 2. The quantitative estimate of drug-likeness (QED) is 0.619. The van der Waals surface area contributed by atoms with Gasteiger partial charge in [-0.05, 0) is 18.7 Å². The molecule has 0 atom stereocenters. The monoisotopic (exact) mass is 320 g/mol. The second-order valence-electron chi connectivity index (χ2n) is 5.40. The fourth-order valence-corrected chi connectivity index (χ4v) is 2.37. The number of rotatable bonds is 10. The van der Waals surface area contributed by atoms with Gasteiger partial charge in [0.15, 0.2) is 0 Å². The average molecular weight is 320 g/mol. The molecule has 1 aromatic carbocycles. The Hall–Kier alpha value is -1.88. The number of carbonyl (C=O) groups excluding carboxylic acids is 2. The molecule has 0 heterocycles. The number of hydrogen-bond acceptors (Lipinski definition) is 4. The number of amides is 1. The van der Waals surface area contributed by atoms with E-state index in [0.29, 0.717) is 19.5 Å². The van der Waals surface area contributed by atoms with Gasteiger partial charge in [0.25, 0.3) is 0 Å². The maximum Gasteiger partial charge on any atom is 0.307 e. The molecule has 1 rings (SSSR count). The molecular formula is C18H28N2O3. The van der Waals surface area contributed by atoms with Crippen LogP contribution in [0.3, 0.4) is 0 Å². The third-order valence-electron chi connectivity index (χ3n) is 3.94. The summed E-state index contributed by atoms with van der Waals surface area (Å²) < 4.78 is 4.68. The normalized spacial score (nSPS) is 10.6. The molecular weight excluding hydrogens is 292 g/mol. The molecule has 5 heteroatoms. The number of methoxy groups -OCH3 is 1. The van der Waals surface area contributed by atoms with E-state index < -0.39 is 0 Å². The molecule has 1 amide bonds. The number of ether oxygens (including phenoxy) is 1.